The van der Waals surface area contributed by atoms with Gasteiger partial charge in [0, 0.05) is 0 Å². The summed E-state index contributed by atoms with van der Waals surface area (Å²) in [6.07, 6.45) is 2.53. The lowest BCUT2D eigenvalue weighted by molar-refractivity contribution is 0.164. The molecule has 2 aromatic carbocycles. The van der Waals surface area contributed by atoms with Crippen LogP contribution in [0.4, 0.5) is 0 Å². The topological polar surface area (TPSA) is 20.2 Å². The van der Waals surface area contributed by atoms with Crippen LogP contribution in [0.15, 0.2) is 60.7 Å². The average molecular weight is 226 g/mol. The molecule has 0 saturated carbocycles. The van der Waals surface area contributed by atoms with Gasteiger partial charge in [0.1, 0.15) is 0 Å². The summed E-state index contributed by atoms with van der Waals surface area (Å²) < 4.78 is 0. The maximum Gasteiger partial charge on any atom is 0.0790 e. The minimum Gasteiger partial charge on any atom is -0.388 e. The molecule has 0 fully saturated rings. The third kappa shape index (κ3) is 3.72. The molecule has 0 aliphatic rings. The van der Waals surface area contributed by atoms with Crippen LogP contribution in [0.25, 0.3) is 0 Å². The Kier molecular flexibility index (Phi) is 4.34. The van der Waals surface area contributed by atoms with Crippen molar-refractivity contribution in [2.24, 2.45) is 0 Å². The molecule has 1 heteroatoms. The summed E-state index contributed by atoms with van der Waals surface area (Å²) in [5.41, 5.74) is 2.35. The van der Waals surface area contributed by atoms with Crippen molar-refractivity contribution in [1.29, 1.82) is 0 Å². The smallest absolute Gasteiger partial charge is 0.0790 e. The summed E-state index contributed by atoms with van der Waals surface area (Å²) in [5.74, 6) is 0. The summed E-state index contributed by atoms with van der Waals surface area (Å²) in [5, 5.41) is 10.00. The maximum absolute atomic E-state index is 10.00. The SMILES string of the molecule is OC(CCCc1ccccc1)c1ccccc1. The van der Waals surface area contributed by atoms with Crippen molar-refractivity contribution in [2.45, 2.75) is 25.4 Å². The van der Waals surface area contributed by atoms with E-state index in [1.807, 2.05) is 36.4 Å². The van der Waals surface area contributed by atoms with Crippen LogP contribution in [0.3, 0.4) is 0 Å². The lowest BCUT2D eigenvalue weighted by Gasteiger charge is -2.10. The minimum atomic E-state index is -0.333. The van der Waals surface area contributed by atoms with Gasteiger partial charge in [-0.2, -0.15) is 0 Å². The number of hydrogen-bond donors (Lipinski definition) is 1. The summed E-state index contributed by atoms with van der Waals surface area (Å²) in [7, 11) is 0. The van der Waals surface area contributed by atoms with Crippen molar-refractivity contribution < 1.29 is 5.11 Å². The first-order valence-corrected chi connectivity index (χ1v) is 6.13. The monoisotopic (exact) mass is 226 g/mol. The fraction of sp³-hybridized carbons (Fsp3) is 0.250. The Morgan fingerprint density at radius 2 is 1.41 bits per heavy atom. The Labute approximate surface area is 103 Å². The zero-order valence-corrected chi connectivity index (χ0v) is 9.92. The van der Waals surface area contributed by atoms with E-state index in [2.05, 4.69) is 24.3 Å². The third-order valence-electron chi connectivity index (χ3n) is 2.97. The molecule has 88 valence electrons. The number of hydrogen-bond acceptors (Lipinski definition) is 1. The average Bonchev–Trinajstić information content (AvgIpc) is 2.41. The summed E-state index contributed by atoms with van der Waals surface area (Å²) in [6, 6.07) is 20.3. The Hall–Kier alpha value is -1.60. The van der Waals surface area contributed by atoms with E-state index in [9.17, 15) is 5.11 Å². The molecule has 1 atom stereocenters. The highest BCUT2D eigenvalue weighted by Crippen LogP contribution is 2.18. The normalized spacial score (nSPS) is 12.3. The molecule has 0 aliphatic heterocycles. The highest BCUT2D eigenvalue weighted by atomic mass is 16.3. The van der Waals surface area contributed by atoms with Gasteiger partial charge in [0.05, 0.1) is 6.10 Å². The molecule has 0 heterocycles. The van der Waals surface area contributed by atoms with Gasteiger partial charge in [-0.1, -0.05) is 60.7 Å². The molecule has 0 bridgehead atoms. The van der Waals surface area contributed by atoms with Crippen LogP contribution in [0.1, 0.15) is 30.1 Å². The van der Waals surface area contributed by atoms with Crippen molar-refractivity contribution in [1.82, 2.24) is 0 Å². The van der Waals surface area contributed by atoms with Crippen LogP contribution < -0.4 is 0 Å². The van der Waals surface area contributed by atoms with Gasteiger partial charge in [0.15, 0.2) is 0 Å². The highest BCUT2D eigenvalue weighted by Gasteiger charge is 2.05. The molecule has 1 nitrogen and oxygen atoms in total. The zero-order chi connectivity index (χ0) is 11.9. The molecule has 0 radical (unpaired) electrons. The number of aliphatic hydroxyl groups is 1. The molecular formula is C16H18O. The summed E-state index contributed by atoms with van der Waals surface area (Å²) >= 11 is 0. The first kappa shape index (κ1) is 11.9. The molecule has 1 unspecified atom stereocenters. The van der Waals surface area contributed by atoms with Gasteiger partial charge in [-0.3, -0.25) is 0 Å². The van der Waals surface area contributed by atoms with Crippen molar-refractivity contribution >= 4 is 0 Å². The lowest BCUT2D eigenvalue weighted by Crippen LogP contribution is -1.98. The van der Waals surface area contributed by atoms with Crippen LogP contribution in [-0.4, -0.2) is 5.11 Å². The van der Waals surface area contributed by atoms with Gasteiger partial charge in [0.2, 0.25) is 0 Å². The number of benzene rings is 2. The van der Waals surface area contributed by atoms with Crippen LogP contribution in [0.2, 0.25) is 0 Å². The second-order valence-corrected chi connectivity index (χ2v) is 4.30. The van der Waals surface area contributed by atoms with E-state index in [0.717, 1.165) is 24.8 Å². The van der Waals surface area contributed by atoms with Gasteiger partial charge in [0.25, 0.3) is 0 Å². The van der Waals surface area contributed by atoms with Crippen molar-refractivity contribution in [3.05, 3.63) is 71.8 Å². The second-order valence-electron chi connectivity index (χ2n) is 4.30. The van der Waals surface area contributed by atoms with Crippen molar-refractivity contribution in [2.75, 3.05) is 0 Å². The van der Waals surface area contributed by atoms with Crippen LogP contribution in [0, 0.1) is 0 Å². The molecule has 0 aromatic heterocycles. The molecule has 0 spiro atoms. The number of aliphatic hydroxyl groups excluding tert-OH is 1. The Morgan fingerprint density at radius 1 is 0.824 bits per heavy atom. The van der Waals surface area contributed by atoms with E-state index in [0.29, 0.717) is 0 Å². The second kappa shape index (κ2) is 6.21. The Balaban J connectivity index is 1.79. The van der Waals surface area contributed by atoms with Crippen molar-refractivity contribution in [3.63, 3.8) is 0 Å². The third-order valence-corrected chi connectivity index (χ3v) is 2.97. The number of aryl methyl sites for hydroxylation is 1. The van der Waals surface area contributed by atoms with E-state index in [-0.39, 0.29) is 6.10 Å². The first-order chi connectivity index (χ1) is 8.36. The molecule has 17 heavy (non-hydrogen) atoms. The van der Waals surface area contributed by atoms with E-state index in [4.69, 9.17) is 0 Å². The van der Waals surface area contributed by atoms with Crippen LogP contribution >= 0.6 is 0 Å². The van der Waals surface area contributed by atoms with Gasteiger partial charge in [-0.25, -0.2) is 0 Å². The van der Waals surface area contributed by atoms with Gasteiger partial charge < -0.3 is 5.11 Å². The summed E-state index contributed by atoms with van der Waals surface area (Å²) in [4.78, 5) is 0. The quantitative estimate of drug-likeness (QED) is 0.823. The minimum absolute atomic E-state index is 0.333. The van der Waals surface area contributed by atoms with Crippen LogP contribution in [0.5, 0.6) is 0 Å². The molecular weight excluding hydrogens is 208 g/mol. The highest BCUT2D eigenvalue weighted by molar-refractivity contribution is 5.17. The molecule has 0 amide bonds. The maximum atomic E-state index is 10.00. The fourth-order valence-electron chi connectivity index (χ4n) is 1.99. The van der Waals surface area contributed by atoms with Gasteiger partial charge in [-0.15, -0.1) is 0 Å². The molecule has 1 N–H and O–H groups in total. The summed E-state index contributed by atoms with van der Waals surface area (Å²) in [6.45, 7) is 0. The van der Waals surface area contributed by atoms with Crippen LogP contribution in [-0.2, 0) is 6.42 Å². The Morgan fingerprint density at radius 3 is 2.06 bits per heavy atom. The van der Waals surface area contributed by atoms with Crippen molar-refractivity contribution in [3.8, 4) is 0 Å². The van der Waals surface area contributed by atoms with E-state index in [1.54, 1.807) is 0 Å². The molecule has 2 rings (SSSR count). The predicted molar refractivity (Wildman–Crippen MR) is 70.8 cm³/mol. The predicted octanol–water partition coefficient (Wildman–Crippen LogP) is 3.74. The largest absolute Gasteiger partial charge is 0.388 e. The molecule has 2 aromatic rings. The zero-order valence-electron chi connectivity index (χ0n) is 9.92. The van der Waals surface area contributed by atoms with Gasteiger partial charge >= 0.3 is 0 Å². The van der Waals surface area contributed by atoms with E-state index in [1.165, 1.54) is 5.56 Å². The first-order valence-electron chi connectivity index (χ1n) is 6.13. The molecule has 0 aliphatic carbocycles. The standard InChI is InChI=1S/C16H18O/c17-16(15-11-5-2-6-12-15)13-7-10-14-8-3-1-4-9-14/h1-6,8-9,11-12,16-17H,7,10,13H2. The Bertz CT molecular complexity index is 422. The number of rotatable bonds is 5. The fourth-order valence-corrected chi connectivity index (χ4v) is 1.99. The lowest BCUT2D eigenvalue weighted by atomic mass is 10.0. The van der Waals surface area contributed by atoms with E-state index < -0.39 is 0 Å². The molecule has 0 saturated heterocycles. The van der Waals surface area contributed by atoms with Gasteiger partial charge in [-0.05, 0) is 30.4 Å². The van der Waals surface area contributed by atoms with E-state index >= 15 is 0 Å².